The molecule has 1 aliphatic rings. The maximum absolute atomic E-state index is 2.66. The highest BCUT2D eigenvalue weighted by Crippen LogP contribution is 2.16. The first-order valence-corrected chi connectivity index (χ1v) is 9.78. The Balaban J connectivity index is 2.28. The molecule has 0 spiro atoms. The first-order chi connectivity index (χ1) is 10.7. The molecule has 1 aliphatic heterocycles. The Labute approximate surface area is 140 Å². The fourth-order valence-electron chi connectivity index (χ4n) is 3.40. The molecule has 0 aromatic rings. The molecule has 0 unspecified atom stereocenters. The zero-order chi connectivity index (χ0) is 16.2. The molecule has 0 aliphatic carbocycles. The van der Waals surface area contributed by atoms with Gasteiger partial charge in [0, 0.05) is 45.3 Å². The molecule has 3 heteroatoms. The van der Waals surface area contributed by atoms with Crippen LogP contribution in [0.3, 0.4) is 0 Å². The molecular formula is C19H41N3. The van der Waals surface area contributed by atoms with Crippen LogP contribution in [0.2, 0.25) is 0 Å². The van der Waals surface area contributed by atoms with Gasteiger partial charge in [0.15, 0.2) is 0 Å². The minimum absolute atomic E-state index is 0.811. The van der Waals surface area contributed by atoms with E-state index >= 15 is 0 Å². The third-order valence-corrected chi connectivity index (χ3v) is 5.27. The molecule has 3 nitrogen and oxygen atoms in total. The van der Waals surface area contributed by atoms with Crippen LogP contribution in [-0.2, 0) is 0 Å². The highest BCUT2D eigenvalue weighted by Gasteiger charge is 2.17. The Hall–Kier alpha value is -0.120. The van der Waals surface area contributed by atoms with E-state index in [9.17, 15) is 0 Å². The number of hydrogen-bond donors (Lipinski definition) is 0. The predicted molar refractivity (Wildman–Crippen MR) is 98.6 cm³/mol. The Morgan fingerprint density at radius 2 is 1.41 bits per heavy atom. The summed E-state index contributed by atoms with van der Waals surface area (Å²) in [6.07, 6.45) is 11.1. The molecule has 0 aromatic heterocycles. The third kappa shape index (κ3) is 8.50. The molecule has 22 heavy (non-hydrogen) atoms. The number of rotatable bonds is 12. The summed E-state index contributed by atoms with van der Waals surface area (Å²) < 4.78 is 0. The largest absolute Gasteiger partial charge is 0.304 e. The van der Waals surface area contributed by atoms with Crippen LogP contribution < -0.4 is 0 Å². The van der Waals surface area contributed by atoms with Crippen molar-refractivity contribution in [3.8, 4) is 0 Å². The average Bonchev–Trinajstić information content (AvgIpc) is 2.53. The summed E-state index contributed by atoms with van der Waals surface area (Å²) in [7, 11) is 4.60. The van der Waals surface area contributed by atoms with Crippen LogP contribution in [0, 0.1) is 0 Å². The number of likely N-dealkylation sites (N-methyl/N-ethyl adjacent to an activating group) is 2. The molecule has 0 radical (unpaired) electrons. The van der Waals surface area contributed by atoms with E-state index in [1.165, 1.54) is 90.6 Å². The van der Waals surface area contributed by atoms with Gasteiger partial charge in [-0.15, -0.1) is 0 Å². The lowest BCUT2D eigenvalue weighted by atomic mass is 10.0. The SMILES string of the molecule is CCCCCC(CCCCC)N(C)CCN1CCN(C)CC1. The van der Waals surface area contributed by atoms with Gasteiger partial charge >= 0.3 is 0 Å². The highest BCUT2D eigenvalue weighted by molar-refractivity contribution is 4.74. The lowest BCUT2D eigenvalue weighted by molar-refractivity contribution is 0.125. The van der Waals surface area contributed by atoms with Gasteiger partial charge in [-0.1, -0.05) is 52.4 Å². The summed E-state index contributed by atoms with van der Waals surface area (Å²) in [6, 6.07) is 0.811. The van der Waals surface area contributed by atoms with Gasteiger partial charge in [-0.05, 0) is 26.9 Å². The second kappa shape index (κ2) is 12.3. The van der Waals surface area contributed by atoms with Gasteiger partial charge in [0.2, 0.25) is 0 Å². The van der Waals surface area contributed by atoms with Crippen molar-refractivity contribution in [2.45, 2.75) is 71.3 Å². The van der Waals surface area contributed by atoms with Gasteiger partial charge in [0.05, 0.1) is 0 Å². The summed E-state index contributed by atoms with van der Waals surface area (Å²) in [6.45, 7) is 12.1. The number of piperazine rings is 1. The minimum Gasteiger partial charge on any atom is -0.304 e. The Morgan fingerprint density at radius 1 is 0.864 bits per heavy atom. The summed E-state index contributed by atoms with van der Waals surface area (Å²) in [5, 5.41) is 0. The van der Waals surface area contributed by atoms with E-state index < -0.39 is 0 Å². The predicted octanol–water partition coefficient (Wildman–Crippen LogP) is 3.69. The molecule has 0 bridgehead atoms. The molecule has 0 amide bonds. The molecule has 1 saturated heterocycles. The third-order valence-electron chi connectivity index (χ3n) is 5.27. The second-order valence-electron chi connectivity index (χ2n) is 7.27. The first kappa shape index (κ1) is 19.9. The van der Waals surface area contributed by atoms with E-state index in [0.717, 1.165) is 6.04 Å². The average molecular weight is 312 g/mol. The maximum Gasteiger partial charge on any atom is 0.0110 e. The van der Waals surface area contributed by atoms with Crippen LogP contribution in [0.1, 0.15) is 65.2 Å². The summed E-state index contributed by atoms with van der Waals surface area (Å²) in [5.74, 6) is 0. The van der Waals surface area contributed by atoms with Crippen molar-refractivity contribution in [1.82, 2.24) is 14.7 Å². The van der Waals surface area contributed by atoms with Crippen LogP contribution in [0.15, 0.2) is 0 Å². The molecular weight excluding hydrogens is 270 g/mol. The number of hydrogen-bond acceptors (Lipinski definition) is 3. The van der Waals surface area contributed by atoms with Crippen molar-refractivity contribution in [3.05, 3.63) is 0 Å². The molecule has 1 rings (SSSR count). The lowest BCUT2D eigenvalue weighted by Crippen LogP contribution is -2.47. The Morgan fingerprint density at radius 3 is 1.91 bits per heavy atom. The van der Waals surface area contributed by atoms with Crippen LogP contribution in [-0.4, -0.2) is 74.1 Å². The fourth-order valence-corrected chi connectivity index (χ4v) is 3.40. The van der Waals surface area contributed by atoms with Crippen molar-refractivity contribution in [2.75, 3.05) is 53.4 Å². The van der Waals surface area contributed by atoms with Crippen LogP contribution in [0.4, 0.5) is 0 Å². The maximum atomic E-state index is 2.66. The fraction of sp³-hybridized carbons (Fsp3) is 1.00. The summed E-state index contributed by atoms with van der Waals surface area (Å²) >= 11 is 0. The second-order valence-corrected chi connectivity index (χ2v) is 7.27. The van der Waals surface area contributed by atoms with E-state index in [1.807, 2.05) is 0 Å². The van der Waals surface area contributed by atoms with Gasteiger partial charge in [0.25, 0.3) is 0 Å². The zero-order valence-electron chi connectivity index (χ0n) is 15.8. The van der Waals surface area contributed by atoms with E-state index in [0.29, 0.717) is 0 Å². The van der Waals surface area contributed by atoms with Crippen molar-refractivity contribution < 1.29 is 0 Å². The van der Waals surface area contributed by atoms with Crippen molar-refractivity contribution in [2.24, 2.45) is 0 Å². The van der Waals surface area contributed by atoms with Crippen LogP contribution in [0.25, 0.3) is 0 Å². The Bertz CT molecular complexity index is 239. The van der Waals surface area contributed by atoms with Crippen molar-refractivity contribution in [3.63, 3.8) is 0 Å². The molecule has 0 saturated carbocycles. The highest BCUT2D eigenvalue weighted by atomic mass is 15.3. The van der Waals surface area contributed by atoms with E-state index in [1.54, 1.807) is 0 Å². The molecule has 0 atom stereocenters. The number of nitrogens with zero attached hydrogens (tertiary/aromatic N) is 3. The Kier molecular flexibility index (Phi) is 11.2. The molecule has 132 valence electrons. The zero-order valence-corrected chi connectivity index (χ0v) is 15.8. The van der Waals surface area contributed by atoms with Gasteiger partial charge in [-0.25, -0.2) is 0 Å². The lowest BCUT2D eigenvalue weighted by Gasteiger charge is -2.35. The quantitative estimate of drug-likeness (QED) is 0.509. The van der Waals surface area contributed by atoms with Gasteiger partial charge in [-0.3, -0.25) is 4.90 Å². The normalized spacial score (nSPS) is 17.7. The smallest absolute Gasteiger partial charge is 0.0110 e. The molecule has 1 fully saturated rings. The standard InChI is InChI=1S/C19H41N3/c1-5-7-9-11-19(12-10-8-6-2)21(4)15-18-22-16-13-20(3)14-17-22/h19H,5-18H2,1-4H3. The van der Waals surface area contributed by atoms with E-state index in [2.05, 4.69) is 42.6 Å². The molecule has 0 N–H and O–H groups in total. The molecule has 1 heterocycles. The van der Waals surface area contributed by atoms with Crippen molar-refractivity contribution in [1.29, 1.82) is 0 Å². The van der Waals surface area contributed by atoms with Gasteiger partial charge < -0.3 is 9.80 Å². The van der Waals surface area contributed by atoms with Crippen LogP contribution >= 0.6 is 0 Å². The van der Waals surface area contributed by atoms with Crippen molar-refractivity contribution >= 4 is 0 Å². The topological polar surface area (TPSA) is 9.72 Å². The minimum atomic E-state index is 0.811. The first-order valence-electron chi connectivity index (χ1n) is 9.78. The summed E-state index contributed by atoms with van der Waals surface area (Å²) in [5.41, 5.74) is 0. The monoisotopic (exact) mass is 311 g/mol. The van der Waals surface area contributed by atoms with Gasteiger partial charge in [0.1, 0.15) is 0 Å². The van der Waals surface area contributed by atoms with Crippen LogP contribution in [0.5, 0.6) is 0 Å². The van der Waals surface area contributed by atoms with E-state index in [4.69, 9.17) is 0 Å². The molecule has 0 aromatic carbocycles. The van der Waals surface area contributed by atoms with Gasteiger partial charge in [-0.2, -0.15) is 0 Å². The summed E-state index contributed by atoms with van der Waals surface area (Å²) in [4.78, 5) is 7.74. The van der Waals surface area contributed by atoms with E-state index in [-0.39, 0.29) is 0 Å². The number of unbranched alkanes of at least 4 members (excludes halogenated alkanes) is 4.